The summed E-state index contributed by atoms with van der Waals surface area (Å²) in [5.74, 6) is 1.03. The van der Waals surface area contributed by atoms with Crippen LogP contribution >= 0.6 is 0 Å². The number of rotatable bonds is 1. The Kier molecular flexibility index (Phi) is 2.79. The molecule has 1 aliphatic heterocycles. The fourth-order valence-electron chi connectivity index (χ4n) is 1.66. The Balaban J connectivity index is 2.88. The molecular formula is C11H20N2. The molecule has 0 aromatic heterocycles. The van der Waals surface area contributed by atoms with Gasteiger partial charge in [-0.25, -0.2) is 4.99 Å². The molecule has 1 aliphatic rings. The highest BCUT2D eigenvalue weighted by molar-refractivity contribution is 5.81. The van der Waals surface area contributed by atoms with Crippen molar-refractivity contribution in [2.75, 3.05) is 0 Å². The molecule has 0 fully saturated rings. The summed E-state index contributed by atoms with van der Waals surface area (Å²) in [6.45, 7) is 11.0. The third-order valence-corrected chi connectivity index (χ3v) is 2.42. The van der Waals surface area contributed by atoms with Crippen molar-refractivity contribution in [1.82, 2.24) is 5.32 Å². The van der Waals surface area contributed by atoms with Crippen LogP contribution in [-0.4, -0.2) is 11.9 Å². The summed E-state index contributed by atoms with van der Waals surface area (Å²) >= 11 is 0. The number of nitrogens with one attached hydrogen (secondary N) is 1. The van der Waals surface area contributed by atoms with Crippen LogP contribution in [-0.2, 0) is 0 Å². The Labute approximate surface area is 81.1 Å². The number of hydrogen-bond donors (Lipinski definition) is 1. The van der Waals surface area contributed by atoms with E-state index in [1.807, 2.05) is 13.1 Å². The molecule has 1 rings (SSSR count). The third kappa shape index (κ3) is 2.33. The fraction of sp³-hybridized carbons (Fsp3) is 0.727. The zero-order valence-electron chi connectivity index (χ0n) is 9.31. The lowest BCUT2D eigenvalue weighted by Crippen LogP contribution is -2.45. The second-order valence-electron chi connectivity index (χ2n) is 4.72. The predicted octanol–water partition coefficient (Wildman–Crippen LogP) is 2.72. The molecule has 1 heterocycles. The molecular weight excluding hydrogens is 160 g/mol. The maximum atomic E-state index is 4.29. The van der Waals surface area contributed by atoms with Crippen molar-refractivity contribution in [1.29, 1.82) is 0 Å². The molecule has 0 aromatic rings. The molecule has 1 atom stereocenters. The monoisotopic (exact) mass is 180 g/mol. The molecule has 0 aromatic carbocycles. The van der Waals surface area contributed by atoms with Crippen molar-refractivity contribution in [3.05, 3.63) is 11.8 Å². The van der Waals surface area contributed by atoms with Crippen LogP contribution in [0.3, 0.4) is 0 Å². The van der Waals surface area contributed by atoms with Gasteiger partial charge in [0.1, 0.15) is 0 Å². The van der Waals surface area contributed by atoms with Gasteiger partial charge in [0, 0.05) is 6.20 Å². The van der Waals surface area contributed by atoms with Crippen molar-refractivity contribution in [3.63, 3.8) is 0 Å². The van der Waals surface area contributed by atoms with Crippen molar-refractivity contribution in [3.8, 4) is 0 Å². The lowest BCUT2D eigenvalue weighted by molar-refractivity contribution is 0.323. The Morgan fingerprint density at radius 2 is 2.08 bits per heavy atom. The van der Waals surface area contributed by atoms with Crippen molar-refractivity contribution in [2.45, 2.75) is 47.1 Å². The summed E-state index contributed by atoms with van der Waals surface area (Å²) in [6, 6.07) is 0.440. The van der Waals surface area contributed by atoms with Crippen LogP contribution in [0.2, 0.25) is 0 Å². The molecule has 2 heteroatoms. The minimum absolute atomic E-state index is 0.263. The van der Waals surface area contributed by atoms with E-state index in [0.29, 0.717) is 6.04 Å². The number of nitrogens with zero attached hydrogens (tertiary/aromatic N) is 1. The molecule has 1 N–H and O–H groups in total. The van der Waals surface area contributed by atoms with E-state index < -0.39 is 0 Å². The zero-order valence-corrected chi connectivity index (χ0v) is 9.31. The van der Waals surface area contributed by atoms with Crippen LogP contribution in [0.5, 0.6) is 0 Å². The Hall–Kier alpha value is -0.790. The van der Waals surface area contributed by atoms with E-state index in [-0.39, 0.29) is 5.41 Å². The van der Waals surface area contributed by atoms with E-state index in [1.54, 1.807) is 0 Å². The highest BCUT2D eigenvalue weighted by atomic mass is 15.0. The van der Waals surface area contributed by atoms with Crippen molar-refractivity contribution >= 4 is 5.84 Å². The second kappa shape index (κ2) is 3.52. The van der Waals surface area contributed by atoms with Crippen LogP contribution in [0.4, 0.5) is 0 Å². The maximum Gasteiger partial charge on any atom is 0.0988 e. The molecule has 0 saturated carbocycles. The van der Waals surface area contributed by atoms with Gasteiger partial charge in [-0.2, -0.15) is 0 Å². The number of hydrogen-bond acceptors (Lipinski definition) is 2. The highest BCUT2D eigenvalue weighted by Gasteiger charge is 2.28. The summed E-state index contributed by atoms with van der Waals surface area (Å²) < 4.78 is 0. The first kappa shape index (κ1) is 10.3. The normalized spacial score (nSPS) is 23.3. The van der Waals surface area contributed by atoms with Gasteiger partial charge in [0.15, 0.2) is 0 Å². The topological polar surface area (TPSA) is 24.4 Å². The molecule has 0 saturated heterocycles. The third-order valence-electron chi connectivity index (χ3n) is 2.42. The fourth-order valence-corrected chi connectivity index (χ4v) is 1.66. The zero-order chi connectivity index (χ0) is 10.1. The standard InChI is InChI=1S/C11H20N2/c1-6-9-7-12-8(2)13-10(9)11(3,4)5/h7,10H,6H2,1-5H3,(H,12,13). The highest BCUT2D eigenvalue weighted by Crippen LogP contribution is 2.28. The van der Waals surface area contributed by atoms with Crippen LogP contribution in [0.1, 0.15) is 41.0 Å². The molecule has 13 heavy (non-hydrogen) atoms. The van der Waals surface area contributed by atoms with Crippen LogP contribution < -0.4 is 5.32 Å². The smallest absolute Gasteiger partial charge is 0.0988 e. The molecule has 0 bridgehead atoms. The summed E-state index contributed by atoms with van der Waals surface area (Å²) in [5, 5.41) is 3.44. The molecule has 0 radical (unpaired) electrons. The van der Waals surface area contributed by atoms with Gasteiger partial charge in [-0.3, -0.25) is 0 Å². The first-order chi connectivity index (χ1) is 5.95. The Bertz CT molecular complexity index is 243. The summed E-state index contributed by atoms with van der Waals surface area (Å²) in [4.78, 5) is 4.29. The minimum Gasteiger partial charge on any atom is -0.367 e. The summed E-state index contributed by atoms with van der Waals surface area (Å²) in [6.07, 6.45) is 3.09. The molecule has 0 spiro atoms. The van der Waals surface area contributed by atoms with Crippen LogP contribution in [0.15, 0.2) is 16.8 Å². The molecule has 74 valence electrons. The van der Waals surface area contributed by atoms with Crippen LogP contribution in [0, 0.1) is 5.41 Å². The number of aliphatic imine (C=N–C) groups is 1. The minimum atomic E-state index is 0.263. The average Bonchev–Trinajstić information content (AvgIpc) is 2.03. The van der Waals surface area contributed by atoms with Gasteiger partial charge in [-0.1, -0.05) is 27.7 Å². The number of amidine groups is 1. The van der Waals surface area contributed by atoms with E-state index in [2.05, 4.69) is 38.0 Å². The van der Waals surface area contributed by atoms with Gasteiger partial charge < -0.3 is 5.32 Å². The van der Waals surface area contributed by atoms with E-state index >= 15 is 0 Å². The van der Waals surface area contributed by atoms with Crippen molar-refractivity contribution < 1.29 is 0 Å². The quantitative estimate of drug-likeness (QED) is 0.659. The van der Waals surface area contributed by atoms with E-state index in [4.69, 9.17) is 0 Å². The van der Waals surface area contributed by atoms with E-state index in [1.165, 1.54) is 5.57 Å². The lowest BCUT2D eigenvalue weighted by Gasteiger charge is -2.35. The Morgan fingerprint density at radius 3 is 2.54 bits per heavy atom. The largest absolute Gasteiger partial charge is 0.367 e. The molecule has 1 unspecified atom stereocenters. The van der Waals surface area contributed by atoms with Gasteiger partial charge in [0.2, 0.25) is 0 Å². The summed E-state index contributed by atoms with van der Waals surface area (Å²) in [7, 11) is 0. The SMILES string of the molecule is CCC1=CN=C(C)NC1C(C)(C)C. The first-order valence-corrected chi connectivity index (χ1v) is 4.95. The second-order valence-corrected chi connectivity index (χ2v) is 4.72. The Morgan fingerprint density at radius 1 is 1.46 bits per heavy atom. The van der Waals surface area contributed by atoms with E-state index in [0.717, 1.165) is 12.3 Å². The predicted molar refractivity (Wildman–Crippen MR) is 57.9 cm³/mol. The lowest BCUT2D eigenvalue weighted by atomic mass is 9.81. The maximum absolute atomic E-state index is 4.29. The van der Waals surface area contributed by atoms with Gasteiger partial charge in [-0.15, -0.1) is 0 Å². The first-order valence-electron chi connectivity index (χ1n) is 4.95. The van der Waals surface area contributed by atoms with E-state index in [9.17, 15) is 0 Å². The van der Waals surface area contributed by atoms with Gasteiger partial charge in [-0.05, 0) is 24.3 Å². The van der Waals surface area contributed by atoms with Gasteiger partial charge in [0.05, 0.1) is 11.9 Å². The van der Waals surface area contributed by atoms with Crippen molar-refractivity contribution in [2.24, 2.45) is 10.4 Å². The average molecular weight is 180 g/mol. The van der Waals surface area contributed by atoms with Gasteiger partial charge >= 0.3 is 0 Å². The van der Waals surface area contributed by atoms with Gasteiger partial charge in [0.25, 0.3) is 0 Å². The van der Waals surface area contributed by atoms with Crippen LogP contribution in [0.25, 0.3) is 0 Å². The molecule has 0 aliphatic carbocycles. The molecule has 2 nitrogen and oxygen atoms in total. The summed E-state index contributed by atoms with van der Waals surface area (Å²) in [5.41, 5.74) is 1.66. The molecule has 0 amide bonds.